The van der Waals surface area contributed by atoms with E-state index in [1.54, 1.807) is 0 Å². The fourth-order valence-electron chi connectivity index (χ4n) is 4.57. The van der Waals surface area contributed by atoms with Gasteiger partial charge in [0.25, 0.3) is 0 Å². The minimum Gasteiger partial charge on any atom is -0.369 e. The molecule has 2 heterocycles. The Morgan fingerprint density at radius 2 is 1.79 bits per heavy atom. The third kappa shape index (κ3) is 2.27. The lowest BCUT2D eigenvalue weighted by Gasteiger charge is -2.44. The van der Waals surface area contributed by atoms with Gasteiger partial charge in [-0.2, -0.15) is 0 Å². The van der Waals surface area contributed by atoms with Crippen molar-refractivity contribution >= 4 is 33.0 Å². The molecule has 0 bridgehead atoms. The van der Waals surface area contributed by atoms with Crippen LogP contribution in [0.15, 0.2) is 46.9 Å². The van der Waals surface area contributed by atoms with Gasteiger partial charge in [0.05, 0.1) is 24.5 Å². The number of hydrogen-bond donors (Lipinski definition) is 2. The fraction of sp³-hybridized carbons (Fsp3) is 0.400. The maximum Gasteiger partial charge on any atom is 0.192 e. The maximum atomic E-state index is 3.87. The molecule has 3 nitrogen and oxygen atoms in total. The van der Waals surface area contributed by atoms with Gasteiger partial charge in [0.2, 0.25) is 0 Å². The van der Waals surface area contributed by atoms with Crippen LogP contribution in [0.3, 0.4) is 0 Å². The standard InChI is InChI=1S/C20H25BrN3/c1-4-24(12-13(2)3)18-10-9-14(21)11-15(18)19-20(24)23-17-8-6-5-7-16(17)22-19/h5-11,13,19-20,22-23H,4,12H2,1-3H3/q+1. The number of halogens is 1. The number of nitrogens with zero attached hydrogens (tertiary/aromatic N) is 1. The van der Waals surface area contributed by atoms with Crippen molar-refractivity contribution in [3.8, 4) is 0 Å². The molecule has 24 heavy (non-hydrogen) atoms. The zero-order chi connectivity index (χ0) is 16.9. The van der Waals surface area contributed by atoms with Crippen LogP contribution in [-0.2, 0) is 0 Å². The highest BCUT2D eigenvalue weighted by Crippen LogP contribution is 2.51. The predicted octanol–water partition coefficient (Wildman–Crippen LogP) is 5.35. The summed E-state index contributed by atoms with van der Waals surface area (Å²) in [6.07, 6.45) is 0.330. The summed E-state index contributed by atoms with van der Waals surface area (Å²) in [5, 5.41) is 7.67. The van der Waals surface area contributed by atoms with Crippen molar-refractivity contribution in [2.45, 2.75) is 33.0 Å². The highest BCUT2D eigenvalue weighted by molar-refractivity contribution is 9.10. The maximum absolute atomic E-state index is 3.87. The number of quaternary nitrogens is 1. The third-order valence-electron chi connectivity index (χ3n) is 5.45. The van der Waals surface area contributed by atoms with Crippen molar-refractivity contribution < 1.29 is 0 Å². The topological polar surface area (TPSA) is 24.1 Å². The van der Waals surface area contributed by atoms with E-state index in [2.05, 4.69) is 89.8 Å². The smallest absolute Gasteiger partial charge is 0.192 e. The lowest BCUT2D eigenvalue weighted by Crippen LogP contribution is -2.61. The molecule has 2 aromatic rings. The number of likely N-dealkylation sites (N-methyl/N-ethyl adjacent to an activating group) is 1. The molecule has 0 spiro atoms. The summed E-state index contributed by atoms with van der Waals surface area (Å²) >= 11 is 3.67. The van der Waals surface area contributed by atoms with E-state index in [4.69, 9.17) is 0 Å². The van der Waals surface area contributed by atoms with E-state index >= 15 is 0 Å². The molecule has 3 atom stereocenters. The van der Waals surface area contributed by atoms with E-state index in [0.29, 0.717) is 18.1 Å². The van der Waals surface area contributed by atoms with Crippen LogP contribution in [0.25, 0.3) is 0 Å². The summed E-state index contributed by atoms with van der Waals surface area (Å²) in [7, 11) is 0. The highest BCUT2D eigenvalue weighted by Gasteiger charge is 2.54. The first-order chi connectivity index (χ1) is 11.5. The first kappa shape index (κ1) is 16.0. The Hall–Kier alpha value is -1.52. The van der Waals surface area contributed by atoms with E-state index in [1.165, 1.54) is 22.6 Å². The van der Waals surface area contributed by atoms with Crippen molar-refractivity contribution in [1.29, 1.82) is 0 Å². The Morgan fingerprint density at radius 1 is 1.08 bits per heavy atom. The summed E-state index contributed by atoms with van der Waals surface area (Å²) in [5.41, 5.74) is 5.28. The van der Waals surface area contributed by atoms with Gasteiger partial charge in [0.1, 0.15) is 11.7 Å². The van der Waals surface area contributed by atoms with E-state index in [9.17, 15) is 0 Å². The molecule has 0 amide bonds. The van der Waals surface area contributed by atoms with E-state index in [-0.39, 0.29) is 0 Å². The van der Waals surface area contributed by atoms with Gasteiger partial charge >= 0.3 is 0 Å². The average molecular weight is 387 g/mol. The summed E-state index contributed by atoms with van der Waals surface area (Å²) in [6, 6.07) is 15.6. The van der Waals surface area contributed by atoms with Crippen molar-refractivity contribution in [2.24, 2.45) is 5.92 Å². The summed E-state index contributed by atoms with van der Waals surface area (Å²) in [5.74, 6) is 0.638. The van der Waals surface area contributed by atoms with Crippen LogP contribution in [-0.4, -0.2) is 19.3 Å². The summed E-state index contributed by atoms with van der Waals surface area (Å²) in [6.45, 7) is 9.20. The first-order valence-electron chi connectivity index (χ1n) is 8.84. The second-order valence-corrected chi connectivity index (χ2v) is 8.30. The zero-order valence-corrected chi connectivity index (χ0v) is 16.1. The fourth-order valence-corrected chi connectivity index (χ4v) is 4.95. The van der Waals surface area contributed by atoms with Gasteiger partial charge in [0, 0.05) is 22.0 Å². The van der Waals surface area contributed by atoms with Gasteiger partial charge in [-0.25, -0.2) is 0 Å². The van der Waals surface area contributed by atoms with Crippen LogP contribution >= 0.6 is 15.9 Å². The van der Waals surface area contributed by atoms with Crippen LogP contribution < -0.4 is 15.1 Å². The number of rotatable bonds is 3. The SMILES string of the molecule is CC[N+]1(CC(C)C)c2ccc(Br)cc2C2Nc3ccccc3NC21. The molecule has 2 N–H and O–H groups in total. The number of nitrogens with one attached hydrogen (secondary N) is 2. The minimum absolute atomic E-state index is 0.297. The molecule has 3 unspecified atom stereocenters. The van der Waals surface area contributed by atoms with Gasteiger partial charge < -0.3 is 10.6 Å². The molecule has 0 aliphatic carbocycles. The largest absolute Gasteiger partial charge is 0.369 e. The molecule has 0 saturated heterocycles. The quantitative estimate of drug-likeness (QED) is 0.694. The van der Waals surface area contributed by atoms with E-state index < -0.39 is 0 Å². The second kappa shape index (κ2) is 5.78. The molecule has 126 valence electrons. The number of para-hydroxylation sites is 2. The van der Waals surface area contributed by atoms with Crippen molar-refractivity contribution in [3.05, 3.63) is 52.5 Å². The monoisotopic (exact) mass is 386 g/mol. The van der Waals surface area contributed by atoms with Crippen LogP contribution in [0.2, 0.25) is 0 Å². The molecule has 4 rings (SSSR count). The lowest BCUT2D eigenvalue weighted by atomic mass is 10.0. The Kier molecular flexibility index (Phi) is 3.85. The molecular formula is C20H25BrN3+. The van der Waals surface area contributed by atoms with Crippen molar-refractivity contribution in [2.75, 3.05) is 23.7 Å². The lowest BCUT2D eigenvalue weighted by molar-refractivity contribution is 0.208. The molecule has 0 fully saturated rings. The van der Waals surface area contributed by atoms with E-state index in [1.807, 2.05) is 0 Å². The Morgan fingerprint density at radius 3 is 2.46 bits per heavy atom. The van der Waals surface area contributed by atoms with Gasteiger partial charge in [0.15, 0.2) is 6.17 Å². The zero-order valence-electron chi connectivity index (χ0n) is 14.5. The van der Waals surface area contributed by atoms with Gasteiger partial charge in [-0.1, -0.05) is 41.9 Å². The second-order valence-electron chi connectivity index (χ2n) is 7.39. The Labute approximate surface area is 152 Å². The first-order valence-corrected chi connectivity index (χ1v) is 9.63. The van der Waals surface area contributed by atoms with Crippen LogP contribution in [0.5, 0.6) is 0 Å². The van der Waals surface area contributed by atoms with Gasteiger partial charge in [-0.15, -0.1) is 0 Å². The Bertz CT molecular complexity index is 773. The number of benzene rings is 2. The number of hydrogen-bond acceptors (Lipinski definition) is 2. The van der Waals surface area contributed by atoms with Crippen molar-refractivity contribution in [3.63, 3.8) is 0 Å². The molecular weight excluding hydrogens is 362 g/mol. The molecule has 2 aliphatic rings. The molecule has 2 aliphatic heterocycles. The van der Waals surface area contributed by atoms with Gasteiger partial charge in [-0.3, -0.25) is 4.48 Å². The van der Waals surface area contributed by atoms with Crippen LogP contribution in [0, 0.1) is 5.92 Å². The summed E-state index contributed by atoms with van der Waals surface area (Å²) in [4.78, 5) is 0. The van der Waals surface area contributed by atoms with Crippen LogP contribution in [0.4, 0.5) is 17.1 Å². The highest BCUT2D eigenvalue weighted by atomic mass is 79.9. The molecule has 4 heteroatoms. The number of fused-ring (bicyclic) bond motifs is 4. The molecule has 0 saturated carbocycles. The van der Waals surface area contributed by atoms with E-state index in [0.717, 1.165) is 22.0 Å². The Balaban J connectivity index is 1.89. The minimum atomic E-state index is 0.297. The van der Waals surface area contributed by atoms with Crippen LogP contribution in [0.1, 0.15) is 32.4 Å². The molecule has 0 radical (unpaired) electrons. The molecule has 2 aromatic carbocycles. The number of anilines is 2. The van der Waals surface area contributed by atoms with Crippen molar-refractivity contribution in [1.82, 2.24) is 4.48 Å². The van der Waals surface area contributed by atoms with Gasteiger partial charge in [-0.05, 0) is 31.2 Å². The molecule has 0 aromatic heterocycles. The average Bonchev–Trinajstić information content (AvgIpc) is 2.82. The summed E-state index contributed by atoms with van der Waals surface area (Å²) < 4.78 is 2.15. The normalized spacial score (nSPS) is 27.0. The third-order valence-corrected chi connectivity index (χ3v) is 5.94. The predicted molar refractivity (Wildman–Crippen MR) is 106 cm³/mol.